The monoisotopic (exact) mass is 350 g/mol. The first-order valence-electron chi connectivity index (χ1n) is 7.77. The Morgan fingerprint density at radius 3 is 2.79 bits per heavy atom. The average Bonchev–Trinajstić information content (AvgIpc) is 2.86. The molecule has 2 aromatic rings. The van der Waals surface area contributed by atoms with Crippen molar-refractivity contribution in [3.8, 4) is 5.75 Å². The molecule has 0 aliphatic carbocycles. The zero-order valence-electron chi connectivity index (χ0n) is 14.4. The molecule has 0 amide bonds. The molecule has 1 atom stereocenters. The van der Waals surface area contributed by atoms with E-state index in [0.29, 0.717) is 24.8 Å². The van der Waals surface area contributed by atoms with E-state index in [2.05, 4.69) is 27.5 Å². The van der Waals surface area contributed by atoms with Gasteiger partial charge in [-0.15, -0.1) is 11.3 Å². The highest BCUT2D eigenvalue weighted by Crippen LogP contribution is 2.16. The van der Waals surface area contributed by atoms with Gasteiger partial charge < -0.3 is 15.4 Å². The van der Waals surface area contributed by atoms with Crippen LogP contribution in [0.4, 0.5) is 4.39 Å². The van der Waals surface area contributed by atoms with Gasteiger partial charge in [0.05, 0.1) is 18.8 Å². The molecule has 0 saturated carbocycles. The van der Waals surface area contributed by atoms with Gasteiger partial charge in [-0.2, -0.15) is 0 Å². The number of aryl methyl sites for hydroxylation is 2. The highest BCUT2D eigenvalue weighted by Gasteiger charge is 2.08. The van der Waals surface area contributed by atoms with Crippen LogP contribution in [0.2, 0.25) is 0 Å². The first kappa shape index (κ1) is 18.2. The smallest absolute Gasteiger partial charge is 0.191 e. The van der Waals surface area contributed by atoms with E-state index >= 15 is 0 Å². The van der Waals surface area contributed by atoms with Gasteiger partial charge in [0, 0.05) is 18.0 Å². The largest absolute Gasteiger partial charge is 0.489 e. The van der Waals surface area contributed by atoms with Crippen molar-refractivity contribution >= 4 is 17.3 Å². The Kier molecular flexibility index (Phi) is 6.54. The van der Waals surface area contributed by atoms with Gasteiger partial charge in [-0.3, -0.25) is 4.99 Å². The zero-order valence-corrected chi connectivity index (χ0v) is 15.2. The summed E-state index contributed by atoms with van der Waals surface area (Å²) in [6.45, 7) is 7.16. The first-order chi connectivity index (χ1) is 11.5. The van der Waals surface area contributed by atoms with Crippen molar-refractivity contribution in [1.82, 2.24) is 15.6 Å². The molecule has 0 fully saturated rings. The molecule has 1 unspecified atom stereocenters. The lowest BCUT2D eigenvalue weighted by Crippen LogP contribution is -2.41. The maximum Gasteiger partial charge on any atom is 0.191 e. The van der Waals surface area contributed by atoms with Gasteiger partial charge in [0.25, 0.3) is 0 Å². The molecule has 0 bridgehead atoms. The topological polar surface area (TPSA) is 58.5 Å². The number of nitrogens with zero attached hydrogens (tertiary/aromatic N) is 2. The average molecular weight is 350 g/mol. The van der Waals surface area contributed by atoms with Gasteiger partial charge in [-0.05, 0) is 32.9 Å². The van der Waals surface area contributed by atoms with E-state index in [9.17, 15) is 4.39 Å². The van der Waals surface area contributed by atoms with E-state index < -0.39 is 0 Å². The number of aliphatic imine (C=N–C) groups is 1. The Morgan fingerprint density at radius 2 is 2.17 bits per heavy atom. The van der Waals surface area contributed by atoms with Crippen molar-refractivity contribution in [3.05, 3.63) is 45.7 Å². The Bertz CT molecular complexity index is 682. The van der Waals surface area contributed by atoms with E-state index in [1.807, 2.05) is 13.8 Å². The number of aromatic nitrogens is 1. The van der Waals surface area contributed by atoms with Crippen LogP contribution < -0.4 is 15.4 Å². The van der Waals surface area contributed by atoms with Crippen molar-refractivity contribution in [3.63, 3.8) is 0 Å². The SMILES string of the molecule is CN=C(NCc1nc(C)c(C)s1)NCC(C)Oc1cccc(F)c1. The van der Waals surface area contributed by atoms with Crippen LogP contribution in [0.25, 0.3) is 0 Å². The summed E-state index contributed by atoms with van der Waals surface area (Å²) in [7, 11) is 1.71. The molecule has 1 aromatic carbocycles. The highest BCUT2D eigenvalue weighted by molar-refractivity contribution is 7.11. The molecule has 1 aromatic heterocycles. The minimum atomic E-state index is -0.306. The fraction of sp³-hybridized carbons (Fsp3) is 0.412. The molecular formula is C17H23FN4OS. The van der Waals surface area contributed by atoms with Crippen LogP contribution in [0.1, 0.15) is 22.5 Å². The van der Waals surface area contributed by atoms with E-state index in [1.165, 1.54) is 17.0 Å². The van der Waals surface area contributed by atoms with Crippen molar-refractivity contribution < 1.29 is 9.13 Å². The Labute approximate surface area is 146 Å². The van der Waals surface area contributed by atoms with Gasteiger partial charge in [-0.25, -0.2) is 9.37 Å². The van der Waals surface area contributed by atoms with Crippen LogP contribution >= 0.6 is 11.3 Å². The quantitative estimate of drug-likeness (QED) is 0.621. The number of guanidine groups is 1. The third-order valence-corrected chi connectivity index (χ3v) is 4.47. The lowest BCUT2D eigenvalue weighted by Gasteiger charge is -2.17. The second-order valence-electron chi connectivity index (χ2n) is 5.44. The van der Waals surface area contributed by atoms with Crippen molar-refractivity contribution in [2.75, 3.05) is 13.6 Å². The zero-order chi connectivity index (χ0) is 17.5. The fourth-order valence-electron chi connectivity index (χ4n) is 2.05. The number of hydrogen-bond donors (Lipinski definition) is 2. The number of ether oxygens (including phenoxy) is 1. The molecule has 130 valence electrons. The minimum Gasteiger partial charge on any atom is -0.489 e. The van der Waals surface area contributed by atoms with Crippen molar-refractivity contribution in [1.29, 1.82) is 0 Å². The van der Waals surface area contributed by atoms with Gasteiger partial charge >= 0.3 is 0 Å². The third-order valence-electron chi connectivity index (χ3n) is 3.39. The second-order valence-corrected chi connectivity index (χ2v) is 6.73. The number of halogens is 1. The van der Waals surface area contributed by atoms with Crippen LogP contribution in [0.5, 0.6) is 5.75 Å². The number of thiazole rings is 1. The predicted octanol–water partition coefficient (Wildman–Crippen LogP) is 3.03. The summed E-state index contributed by atoms with van der Waals surface area (Å²) < 4.78 is 18.8. The summed E-state index contributed by atoms with van der Waals surface area (Å²) in [4.78, 5) is 9.90. The van der Waals surface area contributed by atoms with Crippen LogP contribution in [0.15, 0.2) is 29.3 Å². The van der Waals surface area contributed by atoms with Crippen LogP contribution in [-0.2, 0) is 6.54 Å². The molecule has 0 radical (unpaired) electrons. The Hall–Kier alpha value is -2.15. The van der Waals surface area contributed by atoms with Crippen LogP contribution in [0.3, 0.4) is 0 Å². The number of nitrogens with one attached hydrogen (secondary N) is 2. The Balaban J connectivity index is 1.78. The molecule has 0 aliphatic rings. The number of hydrogen-bond acceptors (Lipinski definition) is 4. The van der Waals surface area contributed by atoms with E-state index in [4.69, 9.17) is 4.74 Å². The summed E-state index contributed by atoms with van der Waals surface area (Å²) in [6, 6.07) is 6.13. The fourth-order valence-corrected chi connectivity index (χ4v) is 2.92. The lowest BCUT2D eigenvalue weighted by molar-refractivity contribution is 0.223. The molecule has 1 heterocycles. The normalized spacial score (nSPS) is 12.8. The second kappa shape index (κ2) is 8.63. The molecule has 7 heteroatoms. The molecule has 0 spiro atoms. The van der Waals surface area contributed by atoms with E-state index in [-0.39, 0.29) is 11.9 Å². The maximum atomic E-state index is 13.1. The maximum absolute atomic E-state index is 13.1. The molecule has 0 aliphatic heterocycles. The highest BCUT2D eigenvalue weighted by atomic mass is 32.1. The third kappa shape index (κ3) is 5.49. The molecule has 2 rings (SSSR count). The standard InChI is InChI=1S/C17H23FN4OS/c1-11(23-15-7-5-6-14(18)8-15)9-20-17(19-4)21-10-16-22-12(2)13(3)24-16/h5-8,11H,9-10H2,1-4H3,(H2,19,20,21). The van der Waals surface area contributed by atoms with Crippen molar-refractivity contribution in [2.24, 2.45) is 4.99 Å². The summed E-state index contributed by atoms with van der Waals surface area (Å²) >= 11 is 1.68. The minimum absolute atomic E-state index is 0.130. The molecular weight excluding hydrogens is 327 g/mol. The van der Waals surface area contributed by atoms with E-state index in [1.54, 1.807) is 30.5 Å². The van der Waals surface area contributed by atoms with Gasteiger partial charge in [0.1, 0.15) is 22.7 Å². The molecule has 5 nitrogen and oxygen atoms in total. The predicted molar refractivity (Wildman–Crippen MR) is 96.3 cm³/mol. The molecule has 0 saturated heterocycles. The van der Waals surface area contributed by atoms with Crippen LogP contribution in [-0.4, -0.2) is 30.6 Å². The Morgan fingerprint density at radius 1 is 1.38 bits per heavy atom. The molecule has 2 N–H and O–H groups in total. The summed E-state index contributed by atoms with van der Waals surface area (Å²) in [5.74, 6) is 0.885. The summed E-state index contributed by atoms with van der Waals surface area (Å²) in [6.07, 6.45) is -0.130. The van der Waals surface area contributed by atoms with E-state index in [0.717, 1.165) is 10.7 Å². The summed E-state index contributed by atoms with van der Waals surface area (Å²) in [5.41, 5.74) is 1.07. The molecule has 24 heavy (non-hydrogen) atoms. The number of benzene rings is 1. The summed E-state index contributed by atoms with van der Waals surface area (Å²) in [5, 5.41) is 7.44. The van der Waals surface area contributed by atoms with Crippen LogP contribution in [0, 0.1) is 19.7 Å². The number of rotatable bonds is 6. The van der Waals surface area contributed by atoms with Gasteiger partial charge in [-0.1, -0.05) is 6.07 Å². The first-order valence-corrected chi connectivity index (χ1v) is 8.59. The van der Waals surface area contributed by atoms with Gasteiger partial charge in [0.15, 0.2) is 5.96 Å². The van der Waals surface area contributed by atoms with Gasteiger partial charge in [0.2, 0.25) is 0 Å². The lowest BCUT2D eigenvalue weighted by atomic mass is 10.3. The van der Waals surface area contributed by atoms with Crippen molar-refractivity contribution in [2.45, 2.75) is 33.4 Å².